The molecule has 5 heteroatoms. The lowest BCUT2D eigenvalue weighted by molar-refractivity contribution is -0.136. The van der Waals surface area contributed by atoms with Gasteiger partial charge in [-0.05, 0) is 54.3 Å². The third kappa shape index (κ3) is 4.30. The van der Waals surface area contributed by atoms with Crippen molar-refractivity contribution in [3.63, 3.8) is 0 Å². The first-order chi connectivity index (χ1) is 16.5. The number of methoxy groups -OCH3 is 1. The van der Waals surface area contributed by atoms with Crippen LogP contribution in [-0.2, 0) is 17.8 Å². The van der Waals surface area contributed by atoms with E-state index in [9.17, 15) is 9.59 Å². The van der Waals surface area contributed by atoms with Crippen molar-refractivity contribution in [2.24, 2.45) is 5.92 Å². The Kier molecular flexibility index (Phi) is 6.10. The number of nitrogens with zero attached hydrogens (tertiary/aromatic N) is 2. The highest BCUT2D eigenvalue weighted by Crippen LogP contribution is 2.37. The van der Waals surface area contributed by atoms with Crippen molar-refractivity contribution >= 4 is 11.8 Å². The lowest BCUT2D eigenvalue weighted by atomic mass is 9.87. The average molecular weight is 455 g/mol. The molecule has 174 valence electrons. The fraction of sp³-hybridized carbons (Fsp3) is 0.310. The molecule has 5 nitrogen and oxygen atoms in total. The van der Waals surface area contributed by atoms with Gasteiger partial charge in [0.1, 0.15) is 5.75 Å². The van der Waals surface area contributed by atoms with Crippen molar-refractivity contribution in [1.82, 2.24) is 9.80 Å². The Balaban J connectivity index is 1.43. The normalized spacial score (nSPS) is 19.6. The van der Waals surface area contributed by atoms with Crippen molar-refractivity contribution in [3.05, 3.63) is 101 Å². The average Bonchev–Trinajstić information content (AvgIpc) is 3.33. The van der Waals surface area contributed by atoms with E-state index in [4.69, 9.17) is 4.74 Å². The molecule has 0 aromatic heterocycles. The number of fused-ring (bicyclic) bond motifs is 1. The van der Waals surface area contributed by atoms with Crippen LogP contribution in [0.4, 0.5) is 0 Å². The summed E-state index contributed by atoms with van der Waals surface area (Å²) in [4.78, 5) is 31.0. The maximum absolute atomic E-state index is 13.9. The van der Waals surface area contributed by atoms with E-state index in [-0.39, 0.29) is 23.7 Å². The third-order valence-corrected chi connectivity index (χ3v) is 7.19. The molecule has 2 aliphatic rings. The van der Waals surface area contributed by atoms with Crippen LogP contribution in [0.15, 0.2) is 72.8 Å². The van der Waals surface area contributed by atoms with Gasteiger partial charge in [-0.3, -0.25) is 9.59 Å². The van der Waals surface area contributed by atoms with Crippen molar-refractivity contribution in [1.29, 1.82) is 0 Å². The van der Waals surface area contributed by atoms with Gasteiger partial charge in [-0.1, -0.05) is 54.1 Å². The van der Waals surface area contributed by atoms with Gasteiger partial charge in [-0.15, -0.1) is 0 Å². The smallest absolute Gasteiger partial charge is 0.253 e. The summed E-state index contributed by atoms with van der Waals surface area (Å²) in [5, 5.41) is 0. The molecule has 0 radical (unpaired) electrons. The Morgan fingerprint density at radius 3 is 2.41 bits per heavy atom. The molecule has 0 bridgehead atoms. The number of amides is 2. The summed E-state index contributed by atoms with van der Waals surface area (Å²) in [5.41, 5.74) is 5.35. The quantitative estimate of drug-likeness (QED) is 0.586. The number of rotatable bonds is 4. The molecule has 3 aromatic carbocycles. The van der Waals surface area contributed by atoms with E-state index in [1.165, 1.54) is 11.1 Å². The molecule has 0 N–H and O–H groups in total. The van der Waals surface area contributed by atoms with Crippen LogP contribution in [0.5, 0.6) is 5.75 Å². The molecule has 2 heterocycles. The van der Waals surface area contributed by atoms with Crippen molar-refractivity contribution in [3.8, 4) is 5.75 Å². The Morgan fingerprint density at radius 2 is 1.65 bits per heavy atom. The predicted molar refractivity (Wildman–Crippen MR) is 132 cm³/mol. The van der Waals surface area contributed by atoms with Crippen LogP contribution in [0.1, 0.15) is 38.5 Å². The van der Waals surface area contributed by atoms with Crippen LogP contribution >= 0.6 is 0 Å². The predicted octanol–water partition coefficient (Wildman–Crippen LogP) is 4.44. The number of hydrogen-bond acceptors (Lipinski definition) is 3. The number of likely N-dealkylation sites (tertiary alicyclic amines) is 1. The van der Waals surface area contributed by atoms with Gasteiger partial charge in [-0.2, -0.15) is 0 Å². The molecule has 5 rings (SSSR count). The molecule has 1 fully saturated rings. The zero-order valence-electron chi connectivity index (χ0n) is 19.7. The second-order valence-electron chi connectivity index (χ2n) is 9.34. The van der Waals surface area contributed by atoms with Gasteiger partial charge in [0.15, 0.2) is 0 Å². The van der Waals surface area contributed by atoms with E-state index in [2.05, 4.69) is 18.2 Å². The zero-order chi connectivity index (χ0) is 23.7. The number of benzene rings is 3. The fourth-order valence-electron chi connectivity index (χ4n) is 5.23. The molecule has 2 atom stereocenters. The Bertz CT molecular complexity index is 1200. The molecular weight excluding hydrogens is 424 g/mol. The monoisotopic (exact) mass is 454 g/mol. The first-order valence-corrected chi connectivity index (χ1v) is 11.9. The molecule has 34 heavy (non-hydrogen) atoms. The van der Waals surface area contributed by atoms with Crippen LogP contribution in [0.25, 0.3) is 0 Å². The number of ether oxygens (including phenoxy) is 1. The summed E-state index contributed by atoms with van der Waals surface area (Å²) in [6.07, 6.45) is 0.866. The largest absolute Gasteiger partial charge is 0.497 e. The number of carbonyl (C=O) groups is 2. The van der Waals surface area contributed by atoms with E-state index in [0.717, 1.165) is 23.3 Å². The number of carbonyl (C=O) groups excluding carboxylic acids is 2. The van der Waals surface area contributed by atoms with E-state index < -0.39 is 0 Å². The molecule has 2 aliphatic heterocycles. The highest BCUT2D eigenvalue weighted by Gasteiger charge is 2.42. The first-order valence-electron chi connectivity index (χ1n) is 11.9. The van der Waals surface area contributed by atoms with Crippen LogP contribution in [0, 0.1) is 12.8 Å². The fourth-order valence-corrected chi connectivity index (χ4v) is 5.23. The summed E-state index contributed by atoms with van der Waals surface area (Å²) in [7, 11) is 1.65. The van der Waals surface area contributed by atoms with Crippen LogP contribution in [0.3, 0.4) is 0 Å². The van der Waals surface area contributed by atoms with Crippen LogP contribution in [-0.4, -0.2) is 48.4 Å². The molecule has 0 saturated carbocycles. The summed E-state index contributed by atoms with van der Waals surface area (Å²) < 4.78 is 5.44. The minimum atomic E-state index is -0.285. The van der Waals surface area contributed by atoms with Crippen LogP contribution in [0.2, 0.25) is 0 Å². The first kappa shape index (κ1) is 22.2. The Labute approximate surface area is 201 Å². The van der Waals surface area contributed by atoms with Crippen LogP contribution < -0.4 is 4.74 Å². The van der Waals surface area contributed by atoms with Crippen molar-refractivity contribution < 1.29 is 14.3 Å². The maximum atomic E-state index is 13.9. The van der Waals surface area contributed by atoms with Gasteiger partial charge in [0.2, 0.25) is 5.91 Å². The topological polar surface area (TPSA) is 49.9 Å². The summed E-state index contributed by atoms with van der Waals surface area (Å²) in [6, 6.07) is 23.9. The molecule has 0 aliphatic carbocycles. The van der Waals surface area contributed by atoms with Gasteiger partial charge in [0.05, 0.1) is 13.0 Å². The molecule has 0 spiro atoms. The molecule has 1 saturated heterocycles. The molecule has 2 unspecified atom stereocenters. The van der Waals surface area contributed by atoms with E-state index in [0.29, 0.717) is 31.7 Å². The Hall–Kier alpha value is -3.60. The van der Waals surface area contributed by atoms with Crippen molar-refractivity contribution in [2.75, 3.05) is 26.7 Å². The lowest BCUT2D eigenvalue weighted by Gasteiger charge is -2.32. The summed E-state index contributed by atoms with van der Waals surface area (Å²) >= 11 is 0. The van der Waals surface area contributed by atoms with Gasteiger partial charge in [0, 0.05) is 37.7 Å². The second kappa shape index (κ2) is 9.34. The highest BCUT2D eigenvalue weighted by atomic mass is 16.5. The minimum absolute atomic E-state index is 0.0211. The van der Waals surface area contributed by atoms with Gasteiger partial charge in [-0.25, -0.2) is 0 Å². The van der Waals surface area contributed by atoms with E-state index in [1.54, 1.807) is 7.11 Å². The number of hydrogen-bond donors (Lipinski definition) is 0. The highest BCUT2D eigenvalue weighted by molar-refractivity contribution is 5.95. The summed E-state index contributed by atoms with van der Waals surface area (Å²) in [5.74, 6) is 0.508. The SMILES string of the molecule is COc1cccc(C2CN(C(=O)c3ccc(C)cc3)CC2C(=O)N2CCc3ccccc3C2)c1. The lowest BCUT2D eigenvalue weighted by Crippen LogP contribution is -2.42. The van der Waals surface area contributed by atoms with E-state index in [1.807, 2.05) is 71.3 Å². The molecular formula is C29H30N2O3. The molecule has 2 amide bonds. The Morgan fingerprint density at radius 1 is 0.882 bits per heavy atom. The third-order valence-electron chi connectivity index (χ3n) is 7.19. The second-order valence-corrected chi connectivity index (χ2v) is 9.34. The maximum Gasteiger partial charge on any atom is 0.253 e. The zero-order valence-corrected chi connectivity index (χ0v) is 19.7. The van der Waals surface area contributed by atoms with Gasteiger partial charge < -0.3 is 14.5 Å². The summed E-state index contributed by atoms with van der Waals surface area (Å²) in [6.45, 7) is 4.28. The standard InChI is InChI=1S/C29H30N2O3/c1-20-10-12-22(13-11-20)28(32)31-18-26(23-8-5-9-25(16-23)34-2)27(19-31)29(33)30-15-14-21-6-3-4-7-24(21)17-30/h3-13,16,26-27H,14-15,17-19H2,1-2H3. The van der Waals surface area contributed by atoms with Gasteiger partial charge >= 0.3 is 0 Å². The molecule has 3 aromatic rings. The number of aryl methyl sites for hydroxylation is 1. The van der Waals surface area contributed by atoms with Gasteiger partial charge in [0.25, 0.3) is 5.91 Å². The van der Waals surface area contributed by atoms with Crippen molar-refractivity contribution in [2.45, 2.75) is 25.8 Å². The van der Waals surface area contributed by atoms with E-state index >= 15 is 0 Å². The minimum Gasteiger partial charge on any atom is -0.497 e.